The Balaban J connectivity index is 1.68. The van der Waals surface area contributed by atoms with Gasteiger partial charge in [0.25, 0.3) is 0 Å². The van der Waals surface area contributed by atoms with Crippen molar-refractivity contribution in [2.24, 2.45) is 0 Å². The number of hydrogen-bond acceptors (Lipinski definition) is 6. The summed E-state index contributed by atoms with van der Waals surface area (Å²) < 4.78 is 51.6. The largest absolute Gasteiger partial charge is 0.343 e. The molecule has 2 aromatic carbocycles. The van der Waals surface area contributed by atoms with Crippen molar-refractivity contribution in [3.63, 3.8) is 0 Å². The van der Waals surface area contributed by atoms with Gasteiger partial charge in [-0.1, -0.05) is 24.1 Å². The predicted molar refractivity (Wildman–Crippen MR) is 125 cm³/mol. The molecule has 1 heterocycles. The molecule has 4 amide bonds. The summed E-state index contributed by atoms with van der Waals surface area (Å²) in [5.41, 5.74) is 1.19. The lowest BCUT2D eigenvalue weighted by Gasteiger charge is -2.25. The number of amides is 4. The average Bonchev–Trinajstić information content (AvgIpc) is 2.75. The highest BCUT2D eigenvalue weighted by Crippen LogP contribution is 2.22. The first-order chi connectivity index (χ1) is 15.5. The highest BCUT2D eigenvalue weighted by Gasteiger charge is 2.28. The van der Waals surface area contributed by atoms with Crippen LogP contribution in [0.15, 0.2) is 53.4 Å². The van der Waals surface area contributed by atoms with Gasteiger partial charge in [-0.05, 0) is 56.2 Å². The molecule has 10 nitrogen and oxygen atoms in total. The second-order valence-corrected chi connectivity index (χ2v) is 11.5. The van der Waals surface area contributed by atoms with Crippen LogP contribution < -0.4 is 14.9 Å². The summed E-state index contributed by atoms with van der Waals surface area (Å²) in [5, 5.41) is 4.37. The smallest absolute Gasteiger partial charge is 0.308 e. The summed E-state index contributed by atoms with van der Waals surface area (Å²) >= 11 is 0. The number of piperidine rings is 1. The van der Waals surface area contributed by atoms with Crippen LogP contribution in [0, 0.1) is 6.92 Å². The number of hydrogen-bond donors (Lipinski definition) is 2. The van der Waals surface area contributed by atoms with Gasteiger partial charge in [-0.25, -0.2) is 26.4 Å². The van der Waals surface area contributed by atoms with E-state index in [1.165, 1.54) is 40.7 Å². The van der Waals surface area contributed by atoms with E-state index in [0.29, 0.717) is 17.4 Å². The molecule has 0 aromatic heterocycles. The zero-order valence-electron chi connectivity index (χ0n) is 18.3. The van der Waals surface area contributed by atoms with Crippen LogP contribution in [0.25, 0.3) is 0 Å². The minimum atomic E-state index is -4.01. The quantitative estimate of drug-likeness (QED) is 0.657. The van der Waals surface area contributed by atoms with Crippen molar-refractivity contribution in [1.29, 1.82) is 0 Å². The Hall–Kier alpha value is -2.96. The summed E-state index contributed by atoms with van der Waals surface area (Å²) in [6.45, 7) is 2.76. The molecule has 33 heavy (non-hydrogen) atoms. The maximum Gasteiger partial charge on any atom is 0.343 e. The molecular weight excluding hydrogens is 468 g/mol. The summed E-state index contributed by atoms with van der Waals surface area (Å²) in [5.74, 6) is 0. The van der Waals surface area contributed by atoms with Gasteiger partial charge in [0, 0.05) is 18.8 Å². The second-order valence-electron chi connectivity index (χ2n) is 7.74. The number of carbonyl (C=O) groups is 2. The van der Waals surface area contributed by atoms with Crippen LogP contribution in [0.5, 0.6) is 0 Å². The molecule has 2 N–H and O–H groups in total. The normalized spacial score (nSPS) is 15.0. The molecule has 0 spiro atoms. The molecule has 1 aliphatic rings. The zero-order chi connectivity index (χ0) is 24.2. The molecule has 1 fully saturated rings. The van der Waals surface area contributed by atoms with E-state index in [9.17, 15) is 26.4 Å². The average molecular weight is 495 g/mol. The molecule has 0 radical (unpaired) electrons. The van der Waals surface area contributed by atoms with E-state index in [1.54, 1.807) is 12.1 Å². The Morgan fingerprint density at radius 1 is 0.879 bits per heavy atom. The Morgan fingerprint density at radius 3 is 2.00 bits per heavy atom. The SMILES string of the molecule is Cc1ccc(N(C(=O)NC(=O)Nc2ccc(S(=O)(=O)N3CCCCC3)cc2)S(C)(=O)=O)cc1. The Morgan fingerprint density at radius 2 is 1.45 bits per heavy atom. The minimum Gasteiger partial charge on any atom is -0.308 e. The van der Waals surface area contributed by atoms with Crippen molar-refractivity contribution in [2.45, 2.75) is 31.1 Å². The number of anilines is 2. The van der Waals surface area contributed by atoms with Crippen LogP contribution in [-0.4, -0.2) is 52.5 Å². The third-order valence-electron chi connectivity index (χ3n) is 5.07. The highest BCUT2D eigenvalue weighted by molar-refractivity contribution is 7.92. The molecular formula is C21H26N4O6S2. The number of nitrogens with one attached hydrogen (secondary N) is 2. The molecule has 0 aliphatic carbocycles. The van der Waals surface area contributed by atoms with Gasteiger partial charge in [0.2, 0.25) is 20.0 Å². The van der Waals surface area contributed by atoms with Gasteiger partial charge in [0.05, 0.1) is 16.8 Å². The minimum absolute atomic E-state index is 0.0840. The predicted octanol–water partition coefficient (Wildman–Crippen LogP) is 2.88. The number of benzene rings is 2. The Bertz CT molecular complexity index is 1220. The number of imide groups is 1. The number of sulfonamides is 2. The van der Waals surface area contributed by atoms with Gasteiger partial charge in [-0.3, -0.25) is 5.32 Å². The van der Waals surface area contributed by atoms with E-state index in [0.717, 1.165) is 31.1 Å². The third kappa shape index (κ3) is 6.09. The van der Waals surface area contributed by atoms with Crippen molar-refractivity contribution in [3.8, 4) is 0 Å². The van der Waals surface area contributed by atoms with Gasteiger partial charge in [0.1, 0.15) is 0 Å². The maximum absolute atomic E-state index is 12.7. The van der Waals surface area contributed by atoms with E-state index in [4.69, 9.17) is 0 Å². The number of urea groups is 2. The van der Waals surface area contributed by atoms with Crippen molar-refractivity contribution in [1.82, 2.24) is 9.62 Å². The first kappa shape index (κ1) is 24.7. The molecule has 3 rings (SSSR count). The van der Waals surface area contributed by atoms with Crippen LogP contribution in [0.1, 0.15) is 24.8 Å². The molecule has 0 unspecified atom stereocenters. The van der Waals surface area contributed by atoms with E-state index >= 15 is 0 Å². The lowest BCUT2D eigenvalue weighted by Crippen LogP contribution is -2.47. The first-order valence-electron chi connectivity index (χ1n) is 10.3. The zero-order valence-corrected chi connectivity index (χ0v) is 19.9. The molecule has 0 bridgehead atoms. The van der Waals surface area contributed by atoms with Gasteiger partial charge in [0.15, 0.2) is 0 Å². The fraction of sp³-hybridized carbons (Fsp3) is 0.333. The van der Waals surface area contributed by atoms with Gasteiger partial charge < -0.3 is 5.32 Å². The molecule has 2 aromatic rings. The Kier molecular flexibility index (Phi) is 7.40. The van der Waals surface area contributed by atoms with E-state index < -0.39 is 32.1 Å². The molecule has 1 saturated heterocycles. The molecule has 0 saturated carbocycles. The number of rotatable bonds is 5. The summed E-state index contributed by atoms with van der Waals surface area (Å²) in [6, 6.07) is 9.61. The van der Waals surface area contributed by atoms with Gasteiger partial charge >= 0.3 is 12.1 Å². The van der Waals surface area contributed by atoms with Crippen LogP contribution >= 0.6 is 0 Å². The number of aryl methyl sites for hydroxylation is 1. The lowest BCUT2D eigenvalue weighted by atomic mass is 10.2. The van der Waals surface area contributed by atoms with Gasteiger partial charge in [-0.2, -0.15) is 8.61 Å². The molecule has 1 aliphatic heterocycles. The maximum atomic E-state index is 12.7. The number of nitrogens with zero attached hydrogens (tertiary/aromatic N) is 2. The van der Waals surface area contributed by atoms with Crippen molar-refractivity contribution in [3.05, 3.63) is 54.1 Å². The van der Waals surface area contributed by atoms with Gasteiger partial charge in [-0.15, -0.1) is 0 Å². The molecule has 0 atom stereocenters. The van der Waals surface area contributed by atoms with E-state index in [1.807, 2.05) is 12.2 Å². The van der Waals surface area contributed by atoms with Crippen LogP contribution in [0.4, 0.5) is 21.0 Å². The fourth-order valence-corrected chi connectivity index (χ4v) is 5.78. The third-order valence-corrected chi connectivity index (χ3v) is 8.02. The standard InChI is InChI=1S/C21H26N4O6S2/c1-16-6-10-18(11-7-16)25(32(2,28)29)21(27)23-20(26)22-17-8-12-19(13-9-17)33(30,31)24-14-4-3-5-15-24/h6-13H,3-5,14-15H2,1-2H3,(H2,22,23,26,27). The van der Waals surface area contributed by atoms with Crippen LogP contribution in [-0.2, 0) is 20.0 Å². The van der Waals surface area contributed by atoms with Crippen molar-refractivity contribution >= 4 is 43.5 Å². The molecule has 12 heteroatoms. The molecule has 178 valence electrons. The number of carbonyl (C=O) groups excluding carboxylic acids is 2. The topological polar surface area (TPSA) is 133 Å². The second kappa shape index (κ2) is 9.89. The Labute approximate surface area is 193 Å². The fourth-order valence-electron chi connectivity index (χ4n) is 3.41. The van der Waals surface area contributed by atoms with Crippen LogP contribution in [0.2, 0.25) is 0 Å². The van der Waals surface area contributed by atoms with E-state index in [-0.39, 0.29) is 16.3 Å². The lowest BCUT2D eigenvalue weighted by molar-refractivity contribution is 0.238. The summed E-state index contributed by atoms with van der Waals surface area (Å²) in [4.78, 5) is 24.9. The van der Waals surface area contributed by atoms with Crippen molar-refractivity contribution in [2.75, 3.05) is 29.0 Å². The van der Waals surface area contributed by atoms with E-state index in [2.05, 4.69) is 5.32 Å². The summed E-state index contributed by atoms with van der Waals surface area (Å²) in [7, 11) is -7.62. The van der Waals surface area contributed by atoms with Crippen LogP contribution in [0.3, 0.4) is 0 Å². The van der Waals surface area contributed by atoms with Crippen molar-refractivity contribution < 1.29 is 26.4 Å². The summed E-state index contributed by atoms with van der Waals surface area (Å²) in [6.07, 6.45) is 3.50. The monoisotopic (exact) mass is 494 g/mol. The highest BCUT2D eigenvalue weighted by atomic mass is 32.2. The first-order valence-corrected chi connectivity index (χ1v) is 13.6.